The molecular formula is C16H13NO2. The minimum absolute atomic E-state index is 0.218. The van der Waals surface area contributed by atoms with Crippen LogP contribution in [0.25, 0.3) is 22.0 Å². The van der Waals surface area contributed by atoms with Crippen molar-refractivity contribution in [1.29, 1.82) is 0 Å². The van der Waals surface area contributed by atoms with Gasteiger partial charge >= 0.3 is 5.97 Å². The maximum atomic E-state index is 11.0. The number of carboxylic acids is 1. The number of benzene rings is 2. The number of H-pyrrole nitrogens is 1. The summed E-state index contributed by atoms with van der Waals surface area (Å²) in [7, 11) is 0. The third-order valence-electron chi connectivity index (χ3n) is 3.22. The lowest BCUT2D eigenvalue weighted by molar-refractivity contribution is 0.0691. The second-order valence-electron chi connectivity index (χ2n) is 4.63. The second-order valence-corrected chi connectivity index (χ2v) is 4.63. The van der Waals surface area contributed by atoms with Gasteiger partial charge in [0.1, 0.15) is 5.69 Å². The van der Waals surface area contributed by atoms with Gasteiger partial charge in [0.2, 0.25) is 0 Å². The van der Waals surface area contributed by atoms with Crippen molar-refractivity contribution >= 4 is 16.9 Å². The quantitative estimate of drug-likeness (QED) is 0.727. The molecule has 0 saturated heterocycles. The maximum absolute atomic E-state index is 11.0. The SMILES string of the molecule is Cc1cccc(-c2cccc3cc(C(=O)O)[nH]c23)c1. The molecule has 0 atom stereocenters. The van der Waals surface area contributed by atoms with Crippen molar-refractivity contribution in [3.05, 3.63) is 59.8 Å². The first-order valence-electron chi connectivity index (χ1n) is 6.07. The van der Waals surface area contributed by atoms with E-state index in [-0.39, 0.29) is 5.69 Å². The van der Waals surface area contributed by atoms with E-state index in [0.717, 1.165) is 22.0 Å². The van der Waals surface area contributed by atoms with Crippen molar-refractivity contribution in [2.75, 3.05) is 0 Å². The van der Waals surface area contributed by atoms with Crippen LogP contribution in [0.1, 0.15) is 16.1 Å². The monoisotopic (exact) mass is 251 g/mol. The molecule has 0 aliphatic carbocycles. The summed E-state index contributed by atoms with van der Waals surface area (Å²) in [6.07, 6.45) is 0. The Kier molecular flexibility index (Phi) is 2.60. The molecule has 19 heavy (non-hydrogen) atoms. The number of aryl methyl sites for hydroxylation is 1. The number of hydrogen-bond acceptors (Lipinski definition) is 1. The van der Waals surface area contributed by atoms with Gasteiger partial charge in [-0.3, -0.25) is 0 Å². The number of para-hydroxylation sites is 1. The van der Waals surface area contributed by atoms with Gasteiger partial charge in [-0.25, -0.2) is 4.79 Å². The zero-order chi connectivity index (χ0) is 13.4. The van der Waals surface area contributed by atoms with Crippen LogP contribution >= 0.6 is 0 Å². The molecule has 3 heteroatoms. The lowest BCUT2D eigenvalue weighted by Gasteiger charge is -2.04. The van der Waals surface area contributed by atoms with Crippen LogP contribution in [0.3, 0.4) is 0 Å². The van der Waals surface area contributed by atoms with Crippen molar-refractivity contribution in [3.63, 3.8) is 0 Å². The number of aromatic nitrogens is 1. The number of carbonyl (C=O) groups is 1. The fourth-order valence-corrected chi connectivity index (χ4v) is 2.32. The fraction of sp³-hybridized carbons (Fsp3) is 0.0625. The summed E-state index contributed by atoms with van der Waals surface area (Å²) in [5.74, 6) is -0.939. The van der Waals surface area contributed by atoms with Gasteiger partial charge in [0.25, 0.3) is 0 Å². The van der Waals surface area contributed by atoms with Gasteiger partial charge in [-0.2, -0.15) is 0 Å². The molecule has 3 aromatic rings. The van der Waals surface area contributed by atoms with Gasteiger partial charge in [-0.05, 0) is 18.6 Å². The van der Waals surface area contributed by atoms with Crippen LogP contribution in [0.2, 0.25) is 0 Å². The highest BCUT2D eigenvalue weighted by molar-refractivity contribution is 6.00. The van der Waals surface area contributed by atoms with E-state index in [2.05, 4.69) is 11.1 Å². The minimum atomic E-state index is -0.939. The molecule has 1 aromatic heterocycles. The molecule has 0 aliphatic heterocycles. The summed E-state index contributed by atoms with van der Waals surface area (Å²) in [5.41, 5.74) is 4.37. The van der Waals surface area contributed by atoms with Gasteiger partial charge in [0.15, 0.2) is 0 Å². The molecule has 0 aliphatic rings. The molecule has 0 radical (unpaired) electrons. The minimum Gasteiger partial charge on any atom is -0.477 e. The van der Waals surface area contributed by atoms with Crippen molar-refractivity contribution in [3.8, 4) is 11.1 Å². The van der Waals surface area contributed by atoms with E-state index in [9.17, 15) is 4.79 Å². The van der Waals surface area contributed by atoms with E-state index < -0.39 is 5.97 Å². The highest BCUT2D eigenvalue weighted by atomic mass is 16.4. The molecule has 1 heterocycles. The number of hydrogen-bond donors (Lipinski definition) is 2. The average molecular weight is 251 g/mol. The van der Waals surface area contributed by atoms with Crippen LogP contribution in [-0.2, 0) is 0 Å². The maximum Gasteiger partial charge on any atom is 0.352 e. The standard InChI is InChI=1S/C16H13NO2/c1-10-4-2-5-11(8-10)13-7-3-6-12-9-14(16(18)19)17-15(12)13/h2-9,17H,1H3,(H,18,19). The van der Waals surface area contributed by atoms with E-state index in [1.165, 1.54) is 5.56 Å². The summed E-state index contributed by atoms with van der Waals surface area (Å²) < 4.78 is 0. The van der Waals surface area contributed by atoms with Crippen LogP contribution in [0, 0.1) is 6.92 Å². The van der Waals surface area contributed by atoms with Crippen LogP contribution < -0.4 is 0 Å². The average Bonchev–Trinajstić information content (AvgIpc) is 2.82. The Morgan fingerprint density at radius 2 is 1.89 bits per heavy atom. The predicted molar refractivity (Wildman–Crippen MR) is 75.4 cm³/mol. The second kappa shape index (κ2) is 4.28. The molecule has 2 aromatic carbocycles. The van der Waals surface area contributed by atoms with Gasteiger partial charge in [0, 0.05) is 10.9 Å². The number of aromatic carboxylic acids is 1. The Hall–Kier alpha value is -2.55. The summed E-state index contributed by atoms with van der Waals surface area (Å²) in [4.78, 5) is 14.0. The normalized spacial score (nSPS) is 10.8. The topological polar surface area (TPSA) is 53.1 Å². The molecule has 3 nitrogen and oxygen atoms in total. The predicted octanol–water partition coefficient (Wildman–Crippen LogP) is 3.84. The molecule has 0 saturated carbocycles. The van der Waals surface area contributed by atoms with Crippen LogP contribution in [0.4, 0.5) is 0 Å². The van der Waals surface area contributed by atoms with Crippen LogP contribution in [0.5, 0.6) is 0 Å². The van der Waals surface area contributed by atoms with Gasteiger partial charge < -0.3 is 10.1 Å². The van der Waals surface area contributed by atoms with Crippen molar-refractivity contribution in [2.24, 2.45) is 0 Å². The zero-order valence-corrected chi connectivity index (χ0v) is 10.5. The van der Waals surface area contributed by atoms with Gasteiger partial charge in [-0.15, -0.1) is 0 Å². The molecule has 0 amide bonds. The Labute approximate surface area is 110 Å². The van der Waals surface area contributed by atoms with Crippen molar-refractivity contribution in [2.45, 2.75) is 6.92 Å². The zero-order valence-electron chi connectivity index (χ0n) is 10.5. The lowest BCUT2D eigenvalue weighted by atomic mass is 10.0. The first-order valence-corrected chi connectivity index (χ1v) is 6.07. The molecule has 0 fully saturated rings. The summed E-state index contributed by atoms with van der Waals surface area (Å²) in [6, 6.07) is 15.7. The smallest absolute Gasteiger partial charge is 0.352 e. The first-order chi connectivity index (χ1) is 9.15. The Bertz CT molecular complexity index is 771. The lowest BCUT2D eigenvalue weighted by Crippen LogP contribution is -1.95. The summed E-state index contributed by atoms with van der Waals surface area (Å²) in [6.45, 7) is 2.04. The number of fused-ring (bicyclic) bond motifs is 1. The van der Waals surface area contributed by atoms with E-state index in [1.807, 2.05) is 43.3 Å². The van der Waals surface area contributed by atoms with Crippen LogP contribution in [-0.4, -0.2) is 16.1 Å². The molecule has 3 rings (SSSR count). The first kappa shape index (κ1) is 11.5. The fourth-order valence-electron chi connectivity index (χ4n) is 2.32. The van der Waals surface area contributed by atoms with Gasteiger partial charge in [0.05, 0.1) is 5.52 Å². The molecule has 2 N–H and O–H groups in total. The van der Waals surface area contributed by atoms with Gasteiger partial charge in [-0.1, -0.05) is 48.0 Å². The van der Waals surface area contributed by atoms with E-state index in [4.69, 9.17) is 5.11 Å². The van der Waals surface area contributed by atoms with E-state index in [0.29, 0.717) is 0 Å². The van der Waals surface area contributed by atoms with E-state index >= 15 is 0 Å². The molecule has 0 unspecified atom stereocenters. The molecular weight excluding hydrogens is 238 g/mol. The highest BCUT2D eigenvalue weighted by Gasteiger charge is 2.10. The largest absolute Gasteiger partial charge is 0.477 e. The molecule has 94 valence electrons. The number of rotatable bonds is 2. The third-order valence-corrected chi connectivity index (χ3v) is 3.22. The Balaban J connectivity index is 2.26. The molecule has 0 bridgehead atoms. The van der Waals surface area contributed by atoms with Crippen molar-refractivity contribution < 1.29 is 9.90 Å². The van der Waals surface area contributed by atoms with Crippen LogP contribution in [0.15, 0.2) is 48.5 Å². The highest BCUT2D eigenvalue weighted by Crippen LogP contribution is 2.29. The Morgan fingerprint density at radius 3 is 2.63 bits per heavy atom. The summed E-state index contributed by atoms with van der Waals surface area (Å²) in [5, 5.41) is 9.97. The summed E-state index contributed by atoms with van der Waals surface area (Å²) >= 11 is 0. The van der Waals surface area contributed by atoms with E-state index in [1.54, 1.807) is 6.07 Å². The number of aromatic amines is 1. The molecule has 0 spiro atoms. The number of nitrogens with one attached hydrogen (secondary N) is 1. The number of carboxylic acid groups (broad SMARTS) is 1. The third kappa shape index (κ3) is 1.99. The Morgan fingerprint density at radius 1 is 1.11 bits per heavy atom. The van der Waals surface area contributed by atoms with Crippen molar-refractivity contribution in [1.82, 2.24) is 4.98 Å².